The van der Waals surface area contributed by atoms with Crippen LogP contribution in [0.25, 0.3) is 0 Å². The van der Waals surface area contributed by atoms with Crippen LogP contribution >= 0.6 is 0 Å². The average Bonchev–Trinajstić information content (AvgIpc) is 1.86. The minimum atomic E-state index is -0.617. The number of hydrogen-bond acceptors (Lipinski definition) is 2. The Hall–Kier alpha value is -0.680. The van der Waals surface area contributed by atoms with Crippen LogP contribution in [0.2, 0.25) is 0 Å². The molecule has 0 heterocycles. The molecule has 0 fully saturated rings. The molecule has 2 nitrogen and oxygen atoms in total. The maximum atomic E-state index is 9.36. The Morgan fingerprint density at radius 1 is 1.45 bits per heavy atom. The van der Waals surface area contributed by atoms with Crippen LogP contribution < -0.4 is 0 Å². The summed E-state index contributed by atoms with van der Waals surface area (Å²) in [6.07, 6.45) is 1.82. The van der Waals surface area contributed by atoms with Gasteiger partial charge in [-0.2, -0.15) is 0 Å². The third-order valence-corrected chi connectivity index (χ3v) is 1.23. The molecule has 0 aliphatic rings. The zero-order chi connectivity index (χ0) is 8.91. The van der Waals surface area contributed by atoms with Gasteiger partial charge in [0.25, 0.3) is 0 Å². The lowest BCUT2D eigenvalue weighted by Gasteiger charge is -2.20. The van der Waals surface area contributed by atoms with E-state index < -0.39 is 6.10 Å². The summed E-state index contributed by atoms with van der Waals surface area (Å²) in [6, 6.07) is 0. The lowest BCUT2D eigenvalue weighted by molar-refractivity contribution is 0.112. The van der Waals surface area contributed by atoms with Gasteiger partial charge < -0.3 is 9.84 Å². The van der Waals surface area contributed by atoms with Crippen LogP contribution in [-0.2, 0) is 4.74 Å². The van der Waals surface area contributed by atoms with Crippen LogP contribution in [-0.4, -0.2) is 17.8 Å². The molecule has 1 unspecified atom stereocenters. The SMILES string of the molecule is CCOC#CC(O)C(C)(C)C. The van der Waals surface area contributed by atoms with E-state index in [4.69, 9.17) is 4.74 Å². The fraction of sp³-hybridized carbons (Fsp3) is 0.778. The van der Waals surface area contributed by atoms with E-state index in [9.17, 15) is 5.11 Å². The molecule has 64 valence electrons. The summed E-state index contributed by atoms with van der Waals surface area (Å²) in [4.78, 5) is 0. The Bertz CT molecular complexity index is 157. The van der Waals surface area contributed by atoms with Gasteiger partial charge in [-0.25, -0.2) is 0 Å². The molecule has 0 aliphatic heterocycles. The van der Waals surface area contributed by atoms with E-state index in [0.717, 1.165) is 0 Å². The van der Waals surface area contributed by atoms with Crippen LogP contribution in [0.1, 0.15) is 27.7 Å². The quantitative estimate of drug-likeness (QED) is 0.581. The first-order chi connectivity index (χ1) is 4.98. The summed E-state index contributed by atoms with van der Waals surface area (Å²) in [7, 11) is 0. The van der Waals surface area contributed by atoms with Gasteiger partial charge in [0.05, 0.1) is 6.61 Å². The first kappa shape index (κ1) is 10.3. The molecule has 0 aromatic rings. The Kier molecular flexibility index (Phi) is 3.99. The third-order valence-electron chi connectivity index (χ3n) is 1.23. The molecule has 1 N–H and O–H groups in total. The van der Waals surface area contributed by atoms with Crippen molar-refractivity contribution in [2.24, 2.45) is 5.41 Å². The van der Waals surface area contributed by atoms with E-state index in [-0.39, 0.29) is 5.41 Å². The zero-order valence-corrected chi connectivity index (χ0v) is 7.64. The van der Waals surface area contributed by atoms with Crippen LogP contribution in [0.5, 0.6) is 0 Å². The first-order valence-electron chi connectivity index (χ1n) is 3.79. The Morgan fingerprint density at radius 2 is 2.00 bits per heavy atom. The van der Waals surface area contributed by atoms with Crippen molar-refractivity contribution in [2.75, 3.05) is 6.61 Å². The van der Waals surface area contributed by atoms with Gasteiger partial charge in [-0.1, -0.05) is 20.8 Å². The molecule has 0 bridgehead atoms. The van der Waals surface area contributed by atoms with Crippen molar-refractivity contribution < 1.29 is 9.84 Å². The maximum absolute atomic E-state index is 9.36. The molecule has 2 heteroatoms. The van der Waals surface area contributed by atoms with E-state index in [1.807, 2.05) is 27.7 Å². The molecule has 0 rings (SSSR count). The molecule has 0 aromatic heterocycles. The number of rotatable bonds is 1. The standard InChI is InChI=1S/C9H16O2/c1-5-11-7-6-8(10)9(2,3)4/h8,10H,5H2,1-4H3. The molecule has 0 aromatic carbocycles. The molecule has 0 spiro atoms. The van der Waals surface area contributed by atoms with E-state index in [1.54, 1.807) is 0 Å². The zero-order valence-electron chi connectivity index (χ0n) is 7.64. The molecule has 0 amide bonds. The minimum absolute atomic E-state index is 0.190. The summed E-state index contributed by atoms with van der Waals surface area (Å²) in [5, 5.41) is 9.36. The topological polar surface area (TPSA) is 29.5 Å². The highest BCUT2D eigenvalue weighted by Crippen LogP contribution is 2.17. The van der Waals surface area contributed by atoms with Crippen LogP contribution in [0.15, 0.2) is 0 Å². The average molecular weight is 156 g/mol. The van der Waals surface area contributed by atoms with Crippen molar-refractivity contribution in [3.63, 3.8) is 0 Å². The monoisotopic (exact) mass is 156 g/mol. The summed E-state index contributed by atoms with van der Waals surface area (Å²) < 4.78 is 4.78. The largest absolute Gasteiger partial charge is 0.447 e. The van der Waals surface area contributed by atoms with E-state index in [2.05, 4.69) is 12.0 Å². The van der Waals surface area contributed by atoms with E-state index >= 15 is 0 Å². The van der Waals surface area contributed by atoms with Crippen molar-refractivity contribution in [2.45, 2.75) is 33.8 Å². The van der Waals surface area contributed by atoms with E-state index in [0.29, 0.717) is 6.61 Å². The fourth-order valence-electron chi connectivity index (χ4n) is 0.386. The molecule has 1 atom stereocenters. The maximum Gasteiger partial charge on any atom is 0.122 e. The lowest BCUT2D eigenvalue weighted by Crippen LogP contribution is -2.24. The first-order valence-corrected chi connectivity index (χ1v) is 3.79. The lowest BCUT2D eigenvalue weighted by atomic mass is 9.90. The number of aliphatic hydroxyl groups is 1. The van der Waals surface area contributed by atoms with Gasteiger partial charge in [-0.05, 0) is 18.3 Å². The predicted octanol–water partition coefficient (Wildman–Crippen LogP) is 1.39. The van der Waals surface area contributed by atoms with Crippen LogP contribution in [0.3, 0.4) is 0 Å². The fourth-order valence-corrected chi connectivity index (χ4v) is 0.386. The van der Waals surface area contributed by atoms with Crippen molar-refractivity contribution in [3.8, 4) is 12.0 Å². The molecule has 0 saturated heterocycles. The van der Waals surface area contributed by atoms with Gasteiger partial charge in [0, 0.05) is 0 Å². The highest BCUT2D eigenvalue weighted by molar-refractivity contribution is 5.03. The second-order valence-electron chi connectivity index (χ2n) is 3.45. The van der Waals surface area contributed by atoms with Gasteiger partial charge in [-0.3, -0.25) is 0 Å². The van der Waals surface area contributed by atoms with Gasteiger partial charge in [0.1, 0.15) is 12.2 Å². The van der Waals surface area contributed by atoms with Crippen molar-refractivity contribution in [1.29, 1.82) is 0 Å². The second kappa shape index (κ2) is 4.25. The van der Waals surface area contributed by atoms with Gasteiger partial charge in [0.15, 0.2) is 0 Å². The summed E-state index contributed by atoms with van der Waals surface area (Å²) >= 11 is 0. The molecule has 0 aliphatic carbocycles. The number of ether oxygens (including phenoxy) is 1. The third kappa shape index (κ3) is 4.69. The molecular formula is C9H16O2. The molecule has 0 saturated carbocycles. The number of hydrogen-bond donors (Lipinski definition) is 1. The Labute approximate surface area is 68.6 Å². The molecule has 0 radical (unpaired) electrons. The minimum Gasteiger partial charge on any atom is -0.447 e. The molecular weight excluding hydrogens is 140 g/mol. The Morgan fingerprint density at radius 3 is 2.36 bits per heavy atom. The Balaban J connectivity index is 3.89. The van der Waals surface area contributed by atoms with Crippen LogP contribution in [0.4, 0.5) is 0 Å². The van der Waals surface area contributed by atoms with Gasteiger partial charge in [0.2, 0.25) is 0 Å². The molecule has 11 heavy (non-hydrogen) atoms. The predicted molar refractivity (Wildman–Crippen MR) is 44.9 cm³/mol. The summed E-state index contributed by atoms with van der Waals surface area (Å²) in [5.74, 6) is 2.61. The smallest absolute Gasteiger partial charge is 0.122 e. The van der Waals surface area contributed by atoms with Crippen molar-refractivity contribution >= 4 is 0 Å². The van der Waals surface area contributed by atoms with Crippen molar-refractivity contribution in [3.05, 3.63) is 0 Å². The van der Waals surface area contributed by atoms with Crippen molar-refractivity contribution in [1.82, 2.24) is 0 Å². The van der Waals surface area contributed by atoms with Crippen LogP contribution in [0, 0.1) is 17.4 Å². The summed E-state index contributed by atoms with van der Waals surface area (Å²) in [5.41, 5.74) is -0.190. The van der Waals surface area contributed by atoms with E-state index in [1.165, 1.54) is 0 Å². The van der Waals surface area contributed by atoms with Gasteiger partial charge >= 0.3 is 0 Å². The number of aliphatic hydroxyl groups excluding tert-OH is 1. The highest BCUT2D eigenvalue weighted by Gasteiger charge is 2.19. The highest BCUT2D eigenvalue weighted by atomic mass is 16.5. The van der Waals surface area contributed by atoms with Gasteiger partial charge in [-0.15, -0.1) is 0 Å². The summed E-state index contributed by atoms with van der Waals surface area (Å²) in [6.45, 7) is 8.21. The normalized spacial score (nSPS) is 13.2. The second-order valence-corrected chi connectivity index (χ2v) is 3.45.